The first kappa shape index (κ1) is 18.2. The molecule has 1 aromatic rings. The third-order valence-electron chi connectivity index (χ3n) is 5.21. The zero-order chi connectivity index (χ0) is 18.7. The van der Waals surface area contributed by atoms with Crippen molar-refractivity contribution in [2.45, 2.75) is 44.2 Å². The fourth-order valence-corrected chi connectivity index (χ4v) is 3.61. The van der Waals surface area contributed by atoms with Crippen molar-refractivity contribution in [3.63, 3.8) is 0 Å². The van der Waals surface area contributed by atoms with Crippen molar-refractivity contribution in [2.75, 3.05) is 25.5 Å². The van der Waals surface area contributed by atoms with Gasteiger partial charge in [0.2, 0.25) is 5.91 Å². The summed E-state index contributed by atoms with van der Waals surface area (Å²) >= 11 is 0. The number of anilines is 1. The predicted molar refractivity (Wildman–Crippen MR) is 98.7 cm³/mol. The first-order valence-corrected chi connectivity index (χ1v) is 9.08. The van der Waals surface area contributed by atoms with Crippen LogP contribution < -0.4 is 15.5 Å². The fraction of sp³-hybridized carbons (Fsp3) is 0.526. The van der Waals surface area contributed by atoms with Gasteiger partial charge >= 0.3 is 6.03 Å². The fourth-order valence-electron chi connectivity index (χ4n) is 3.61. The first-order chi connectivity index (χ1) is 12.4. The summed E-state index contributed by atoms with van der Waals surface area (Å²) in [5.41, 5.74) is 1.39. The van der Waals surface area contributed by atoms with Crippen molar-refractivity contribution in [1.82, 2.24) is 15.5 Å². The van der Waals surface area contributed by atoms with Crippen LogP contribution in [0, 0.1) is 0 Å². The van der Waals surface area contributed by atoms with Crippen molar-refractivity contribution in [1.29, 1.82) is 0 Å². The largest absolute Gasteiger partial charge is 0.378 e. The van der Waals surface area contributed by atoms with Crippen LogP contribution in [0.25, 0.3) is 0 Å². The van der Waals surface area contributed by atoms with Gasteiger partial charge in [-0.05, 0) is 30.5 Å². The standard InChI is InChI=1S/C19H26N4O3/c1-22(2)15-7-5-14(6-8-15)13-20-16(24)9-12-23-17(25)19(21-18(23)26)10-3-4-11-19/h5-8H,3-4,9-13H2,1-2H3,(H,20,24)(H,21,26). The molecule has 2 aliphatic rings. The molecular formula is C19H26N4O3. The van der Waals surface area contributed by atoms with E-state index < -0.39 is 5.54 Å². The van der Waals surface area contributed by atoms with Crippen LogP contribution in [0.4, 0.5) is 10.5 Å². The molecule has 1 aromatic carbocycles. The molecular weight excluding hydrogens is 332 g/mol. The highest BCUT2D eigenvalue weighted by molar-refractivity contribution is 6.07. The lowest BCUT2D eigenvalue weighted by Gasteiger charge is -2.19. The number of benzene rings is 1. The van der Waals surface area contributed by atoms with Crippen LogP contribution in [0.3, 0.4) is 0 Å². The molecule has 1 aliphatic heterocycles. The van der Waals surface area contributed by atoms with Gasteiger partial charge in [0.1, 0.15) is 5.54 Å². The van der Waals surface area contributed by atoms with Gasteiger partial charge in [-0.3, -0.25) is 14.5 Å². The summed E-state index contributed by atoms with van der Waals surface area (Å²) in [4.78, 5) is 39.9. The molecule has 1 aliphatic carbocycles. The lowest BCUT2D eigenvalue weighted by molar-refractivity contribution is -0.131. The van der Waals surface area contributed by atoms with E-state index in [0.29, 0.717) is 19.4 Å². The van der Waals surface area contributed by atoms with Crippen LogP contribution in [0.2, 0.25) is 0 Å². The first-order valence-electron chi connectivity index (χ1n) is 9.08. The number of hydrogen-bond acceptors (Lipinski definition) is 4. The van der Waals surface area contributed by atoms with Gasteiger partial charge in [-0.2, -0.15) is 0 Å². The Morgan fingerprint density at radius 1 is 1.19 bits per heavy atom. The number of rotatable bonds is 6. The van der Waals surface area contributed by atoms with Crippen LogP contribution in [-0.4, -0.2) is 48.9 Å². The van der Waals surface area contributed by atoms with E-state index in [1.807, 2.05) is 43.3 Å². The summed E-state index contributed by atoms with van der Waals surface area (Å²) in [6.07, 6.45) is 3.41. The minimum atomic E-state index is -0.707. The minimum Gasteiger partial charge on any atom is -0.378 e. The van der Waals surface area contributed by atoms with Gasteiger partial charge in [0, 0.05) is 39.3 Å². The van der Waals surface area contributed by atoms with Gasteiger partial charge in [-0.1, -0.05) is 25.0 Å². The monoisotopic (exact) mass is 358 g/mol. The van der Waals surface area contributed by atoms with E-state index in [0.717, 1.165) is 24.1 Å². The molecule has 3 rings (SSSR count). The van der Waals surface area contributed by atoms with E-state index in [1.54, 1.807) is 0 Å². The minimum absolute atomic E-state index is 0.116. The molecule has 7 heteroatoms. The number of carbonyl (C=O) groups is 3. The van der Waals surface area contributed by atoms with E-state index in [9.17, 15) is 14.4 Å². The Labute approximate surface area is 153 Å². The van der Waals surface area contributed by atoms with E-state index >= 15 is 0 Å². The Morgan fingerprint density at radius 2 is 1.85 bits per heavy atom. The smallest absolute Gasteiger partial charge is 0.325 e. The molecule has 1 saturated carbocycles. The van der Waals surface area contributed by atoms with Gasteiger partial charge in [0.15, 0.2) is 0 Å². The highest BCUT2D eigenvalue weighted by Crippen LogP contribution is 2.34. The molecule has 0 radical (unpaired) electrons. The number of hydrogen-bond donors (Lipinski definition) is 2. The Balaban J connectivity index is 1.47. The van der Waals surface area contributed by atoms with Crippen molar-refractivity contribution < 1.29 is 14.4 Å². The van der Waals surface area contributed by atoms with Crippen LogP contribution in [0.1, 0.15) is 37.7 Å². The number of urea groups is 1. The van der Waals surface area contributed by atoms with Crippen LogP contribution in [0.15, 0.2) is 24.3 Å². The average molecular weight is 358 g/mol. The van der Waals surface area contributed by atoms with Gasteiger partial charge < -0.3 is 15.5 Å². The quantitative estimate of drug-likeness (QED) is 0.757. The maximum Gasteiger partial charge on any atom is 0.325 e. The summed E-state index contributed by atoms with van der Waals surface area (Å²) in [7, 11) is 3.95. The SMILES string of the molecule is CN(C)c1ccc(CNC(=O)CCN2C(=O)NC3(CCCC3)C2=O)cc1. The summed E-state index contributed by atoms with van der Waals surface area (Å²) < 4.78 is 0. The van der Waals surface area contributed by atoms with E-state index in [2.05, 4.69) is 10.6 Å². The number of amides is 4. The van der Waals surface area contributed by atoms with Gasteiger partial charge in [-0.15, -0.1) is 0 Å². The molecule has 2 N–H and O–H groups in total. The molecule has 1 heterocycles. The summed E-state index contributed by atoms with van der Waals surface area (Å²) in [5, 5.41) is 5.67. The Morgan fingerprint density at radius 3 is 2.46 bits per heavy atom. The summed E-state index contributed by atoms with van der Waals surface area (Å²) in [6, 6.07) is 7.56. The zero-order valence-corrected chi connectivity index (χ0v) is 15.4. The highest BCUT2D eigenvalue weighted by atomic mass is 16.2. The van der Waals surface area contributed by atoms with Gasteiger partial charge in [0.25, 0.3) is 5.91 Å². The van der Waals surface area contributed by atoms with Crippen molar-refractivity contribution >= 4 is 23.5 Å². The Kier molecular flexibility index (Phi) is 5.15. The normalized spacial score (nSPS) is 18.3. The van der Waals surface area contributed by atoms with Crippen molar-refractivity contribution in [3.8, 4) is 0 Å². The predicted octanol–water partition coefficient (Wildman–Crippen LogP) is 1.62. The summed E-state index contributed by atoms with van der Waals surface area (Å²) in [5.74, 6) is -0.346. The highest BCUT2D eigenvalue weighted by Gasteiger charge is 2.52. The molecule has 26 heavy (non-hydrogen) atoms. The Bertz CT molecular complexity index is 693. The molecule has 2 fully saturated rings. The number of imide groups is 1. The third kappa shape index (κ3) is 3.66. The zero-order valence-electron chi connectivity index (χ0n) is 15.4. The number of nitrogens with one attached hydrogen (secondary N) is 2. The van der Waals surface area contributed by atoms with Crippen LogP contribution >= 0.6 is 0 Å². The molecule has 1 saturated heterocycles. The van der Waals surface area contributed by atoms with Gasteiger partial charge in [-0.25, -0.2) is 4.79 Å². The molecule has 0 atom stereocenters. The molecule has 7 nitrogen and oxygen atoms in total. The molecule has 0 unspecified atom stereocenters. The maximum atomic E-state index is 12.5. The Hall–Kier alpha value is -2.57. The lowest BCUT2D eigenvalue weighted by atomic mass is 9.98. The molecule has 4 amide bonds. The molecule has 0 aromatic heterocycles. The van der Waals surface area contributed by atoms with Crippen LogP contribution in [-0.2, 0) is 16.1 Å². The van der Waals surface area contributed by atoms with Crippen molar-refractivity contribution in [2.24, 2.45) is 0 Å². The average Bonchev–Trinajstić information content (AvgIpc) is 3.18. The van der Waals surface area contributed by atoms with Crippen LogP contribution in [0.5, 0.6) is 0 Å². The number of carbonyl (C=O) groups excluding carboxylic acids is 3. The second-order valence-electron chi connectivity index (χ2n) is 7.26. The van der Waals surface area contributed by atoms with Crippen molar-refractivity contribution in [3.05, 3.63) is 29.8 Å². The lowest BCUT2D eigenvalue weighted by Crippen LogP contribution is -2.44. The second kappa shape index (κ2) is 7.35. The maximum absolute atomic E-state index is 12.5. The van der Waals surface area contributed by atoms with E-state index in [4.69, 9.17) is 0 Å². The second-order valence-corrected chi connectivity index (χ2v) is 7.26. The van der Waals surface area contributed by atoms with E-state index in [1.165, 1.54) is 4.90 Å². The van der Waals surface area contributed by atoms with E-state index in [-0.39, 0.29) is 30.8 Å². The molecule has 0 bridgehead atoms. The molecule has 1 spiro atoms. The van der Waals surface area contributed by atoms with Gasteiger partial charge in [0.05, 0.1) is 0 Å². The summed E-state index contributed by atoms with van der Waals surface area (Å²) in [6.45, 7) is 0.550. The topological polar surface area (TPSA) is 81.8 Å². The number of nitrogens with zero attached hydrogens (tertiary/aromatic N) is 2. The molecule has 140 valence electrons. The third-order valence-corrected chi connectivity index (χ3v) is 5.21.